The van der Waals surface area contributed by atoms with Gasteiger partial charge in [-0.25, -0.2) is 0 Å². The molecule has 3 aromatic rings. The standard InChI is InChI=1S/C16H16N4O2/c1-11-18-19-15-7-6-13(9-20(11)15)16(22)17-8-12-4-2-3-5-14(12)10-21/h2-7,9,21H,8,10H2,1H3,(H,17,22). The lowest BCUT2D eigenvalue weighted by Crippen LogP contribution is -2.23. The van der Waals surface area contributed by atoms with Gasteiger partial charge in [0, 0.05) is 12.7 Å². The first-order chi connectivity index (χ1) is 10.7. The molecule has 0 fully saturated rings. The minimum atomic E-state index is -0.178. The molecule has 6 nitrogen and oxygen atoms in total. The van der Waals surface area contributed by atoms with Crippen molar-refractivity contribution in [3.8, 4) is 0 Å². The Balaban J connectivity index is 1.77. The van der Waals surface area contributed by atoms with Crippen LogP contribution in [0.2, 0.25) is 0 Å². The third-order valence-corrected chi connectivity index (χ3v) is 3.56. The molecule has 1 aromatic carbocycles. The maximum atomic E-state index is 12.3. The normalized spacial score (nSPS) is 10.8. The molecular formula is C16H16N4O2. The highest BCUT2D eigenvalue weighted by Crippen LogP contribution is 2.10. The van der Waals surface area contributed by atoms with Gasteiger partial charge in [-0.1, -0.05) is 24.3 Å². The molecule has 112 valence electrons. The second-order valence-corrected chi connectivity index (χ2v) is 5.00. The van der Waals surface area contributed by atoms with Gasteiger partial charge in [-0.2, -0.15) is 0 Å². The second-order valence-electron chi connectivity index (χ2n) is 5.00. The zero-order chi connectivity index (χ0) is 15.5. The van der Waals surface area contributed by atoms with Gasteiger partial charge in [0.15, 0.2) is 5.65 Å². The first kappa shape index (κ1) is 14.2. The Kier molecular flexibility index (Phi) is 3.84. The average Bonchev–Trinajstić information content (AvgIpc) is 2.93. The first-order valence-electron chi connectivity index (χ1n) is 6.96. The van der Waals surface area contributed by atoms with Crippen molar-refractivity contribution in [1.29, 1.82) is 0 Å². The molecule has 0 bridgehead atoms. The van der Waals surface area contributed by atoms with Crippen LogP contribution >= 0.6 is 0 Å². The summed E-state index contributed by atoms with van der Waals surface area (Å²) >= 11 is 0. The number of aromatic nitrogens is 3. The van der Waals surface area contributed by atoms with E-state index in [1.165, 1.54) is 0 Å². The maximum absolute atomic E-state index is 12.3. The van der Waals surface area contributed by atoms with Gasteiger partial charge in [-0.15, -0.1) is 10.2 Å². The number of nitrogens with one attached hydrogen (secondary N) is 1. The Morgan fingerprint density at radius 3 is 2.73 bits per heavy atom. The van der Waals surface area contributed by atoms with E-state index < -0.39 is 0 Å². The molecule has 0 unspecified atom stereocenters. The molecule has 0 aliphatic heterocycles. The molecule has 0 saturated carbocycles. The van der Waals surface area contributed by atoms with Crippen molar-refractivity contribution in [2.75, 3.05) is 0 Å². The molecule has 0 aliphatic rings. The zero-order valence-electron chi connectivity index (χ0n) is 12.2. The fourth-order valence-electron chi connectivity index (χ4n) is 2.30. The summed E-state index contributed by atoms with van der Waals surface area (Å²) in [6.07, 6.45) is 1.72. The van der Waals surface area contributed by atoms with Gasteiger partial charge in [0.1, 0.15) is 5.82 Å². The van der Waals surface area contributed by atoms with Crippen LogP contribution in [-0.4, -0.2) is 25.6 Å². The molecule has 2 aromatic heterocycles. The van der Waals surface area contributed by atoms with Crippen LogP contribution in [0.1, 0.15) is 27.3 Å². The van der Waals surface area contributed by atoms with Crippen LogP contribution in [-0.2, 0) is 13.2 Å². The van der Waals surface area contributed by atoms with Crippen LogP contribution < -0.4 is 5.32 Å². The summed E-state index contributed by atoms with van der Waals surface area (Å²) < 4.78 is 1.77. The van der Waals surface area contributed by atoms with Crippen LogP contribution in [0, 0.1) is 6.92 Å². The largest absolute Gasteiger partial charge is 0.392 e. The lowest BCUT2D eigenvalue weighted by Gasteiger charge is -2.09. The van der Waals surface area contributed by atoms with Crippen molar-refractivity contribution in [3.05, 3.63) is 65.1 Å². The minimum absolute atomic E-state index is 0.0437. The number of amides is 1. The molecule has 0 spiro atoms. The number of carbonyl (C=O) groups excluding carboxylic acids is 1. The van der Waals surface area contributed by atoms with Crippen molar-refractivity contribution in [2.45, 2.75) is 20.1 Å². The average molecular weight is 296 g/mol. The molecule has 0 aliphatic carbocycles. The molecule has 3 rings (SSSR count). The highest BCUT2D eigenvalue weighted by molar-refractivity contribution is 5.94. The van der Waals surface area contributed by atoms with Crippen molar-refractivity contribution < 1.29 is 9.90 Å². The fourth-order valence-corrected chi connectivity index (χ4v) is 2.30. The number of aliphatic hydroxyl groups is 1. The number of aryl methyl sites for hydroxylation is 1. The SMILES string of the molecule is Cc1nnc2ccc(C(=O)NCc3ccccc3CO)cn12. The van der Waals surface area contributed by atoms with E-state index in [0.29, 0.717) is 17.8 Å². The van der Waals surface area contributed by atoms with Gasteiger partial charge in [-0.3, -0.25) is 9.20 Å². The van der Waals surface area contributed by atoms with E-state index in [9.17, 15) is 9.90 Å². The third-order valence-electron chi connectivity index (χ3n) is 3.56. The smallest absolute Gasteiger partial charge is 0.253 e. The Morgan fingerprint density at radius 1 is 1.18 bits per heavy atom. The number of benzene rings is 1. The third kappa shape index (κ3) is 2.68. The van der Waals surface area contributed by atoms with E-state index in [2.05, 4.69) is 15.5 Å². The van der Waals surface area contributed by atoms with Crippen molar-refractivity contribution in [1.82, 2.24) is 19.9 Å². The van der Waals surface area contributed by atoms with Crippen LogP contribution in [0.15, 0.2) is 42.6 Å². The number of fused-ring (bicyclic) bond motifs is 1. The Bertz CT molecular complexity index is 826. The van der Waals surface area contributed by atoms with E-state index in [0.717, 1.165) is 17.0 Å². The molecule has 22 heavy (non-hydrogen) atoms. The minimum Gasteiger partial charge on any atom is -0.392 e. The predicted octanol–water partition coefficient (Wildman–Crippen LogP) is 1.46. The zero-order valence-corrected chi connectivity index (χ0v) is 12.2. The summed E-state index contributed by atoms with van der Waals surface area (Å²) in [5, 5.41) is 20.1. The number of aliphatic hydroxyl groups excluding tert-OH is 1. The van der Waals surface area contributed by atoms with Crippen molar-refractivity contribution >= 4 is 11.6 Å². The van der Waals surface area contributed by atoms with Gasteiger partial charge < -0.3 is 10.4 Å². The van der Waals surface area contributed by atoms with Gasteiger partial charge in [-0.05, 0) is 30.2 Å². The highest BCUT2D eigenvalue weighted by atomic mass is 16.3. The van der Waals surface area contributed by atoms with Gasteiger partial charge in [0.05, 0.1) is 12.2 Å². The molecule has 0 radical (unpaired) electrons. The van der Waals surface area contributed by atoms with Crippen molar-refractivity contribution in [2.24, 2.45) is 0 Å². The maximum Gasteiger partial charge on any atom is 0.253 e. The Hall–Kier alpha value is -2.73. The fraction of sp³-hybridized carbons (Fsp3) is 0.188. The summed E-state index contributed by atoms with van der Waals surface area (Å²) in [5.74, 6) is 0.554. The lowest BCUT2D eigenvalue weighted by molar-refractivity contribution is 0.0950. The Labute approximate surface area is 127 Å². The molecule has 2 N–H and O–H groups in total. The van der Waals surface area contributed by atoms with E-state index in [4.69, 9.17) is 0 Å². The highest BCUT2D eigenvalue weighted by Gasteiger charge is 2.09. The van der Waals surface area contributed by atoms with E-state index in [1.807, 2.05) is 31.2 Å². The summed E-state index contributed by atoms with van der Waals surface area (Å²) in [7, 11) is 0. The number of hydrogen-bond donors (Lipinski definition) is 2. The van der Waals surface area contributed by atoms with E-state index in [1.54, 1.807) is 22.7 Å². The van der Waals surface area contributed by atoms with E-state index in [-0.39, 0.29) is 12.5 Å². The molecule has 6 heteroatoms. The predicted molar refractivity (Wildman–Crippen MR) is 81.3 cm³/mol. The summed E-state index contributed by atoms with van der Waals surface area (Å²) in [6, 6.07) is 11.0. The number of pyridine rings is 1. The molecule has 1 amide bonds. The van der Waals surface area contributed by atoms with Crippen LogP contribution in [0.3, 0.4) is 0 Å². The topological polar surface area (TPSA) is 79.5 Å². The number of nitrogens with zero attached hydrogens (tertiary/aromatic N) is 3. The summed E-state index contributed by atoms with van der Waals surface area (Å²) in [5.41, 5.74) is 2.96. The second kappa shape index (κ2) is 5.95. The number of rotatable bonds is 4. The van der Waals surface area contributed by atoms with Crippen LogP contribution in [0.5, 0.6) is 0 Å². The van der Waals surface area contributed by atoms with E-state index >= 15 is 0 Å². The summed E-state index contributed by atoms with van der Waals surface area (Å²) in [4.78, 5) is 12.3. The molecule has 2 heterocycles. The monoisotopic (exact) mass is 296 g/mol. The molecular weight excluding hydrogens is 280 g/mol. The molecule has 0 saturated heterocycles. The Morgan fingerprint density at radius 2 is 1.95 bits per heavy atom. The van der Waals surface area contributed by atoms with Crippen LogP contribution in [0.25, 0.3) is 5.65 Å². The lowest BCUT2D eigenvalue weighted by atomic mass is 10.1. The van der Waals surface area contributed by atoms with Gasteiger partial charge in [0.2, 0.25) is 0 Å². The first-order valence-corrected chi connectivity index (χ1v) is 6.96. The van der Waals surface area contributed by atoms with Crippen molar-refractivity contribution in [3.63, 3.8) is 0 Å². The molecule has 0 atom stereocenters. The quantitative estimate of drug-likeness (QED) is 0.764. The number of hydrogen-bond acceptors (Lipinski definition) is 4. The van der Waals surface area contributed by atoms with Crippen LogP contribution in [0.4, 0.5) is 0 Å². The summed E-state index contributed by atoms with van der Waals surface area (Å²) in [6.45, 7) is 2.16. The number of carbonyl (C=O) groups is 1. The van der Waals surface area contributed by atoms with Gasteiger partial charge in [0.25, 0.3) is 5.91 Å². The van der Waals surface area contributed by atoms with Gasteiger partial charge >= 0.3 is 0 Å².